The molecule has 1 aromatic carbocycles. The van der Waals surface area contributed by atoms with Crippen LogP contribution in [0.25, 0.3) is 0 Å². The molecule has 0 aliphatic rings. The molecule has 2 aromatic rings. The summed E-state index contributed by atoms with van der Waals surface area (Å²) in [5.74, 6) is 1.71. The van der Waals surface area contributed by atoms with Crippen molar-refractivity contribution in [1.29, 1.82) is 0 Å². The number of aromatic amines is 1. The lowest BCUT2D eigenvalue weighted by molar-refractivity contribution is 0.410. The summed E-state index contributed by atoms with van der Waals surface area (Å²) in [4.78, 5) is 7.48. The zero-order valence-corrected chi connectivity index (χ0v) is 11.9. The molecule has 0 radical (unpaired) electrons. The topological polar surface area (TPSA) is 37.9 Å². The third-order valence-corrected chi connectivity index (χ3v) is 3.35. The zero-order chi connectivity index (χ0) is 12.4. The highest BCUT2D eigenvalue weighted by Crippen LogP contribution is 2.26. The second-order valence-corrected chi connectivity index (χ2v) is 4.91. The van der Waals surface area contributed by atoms with Gasteiger partial charge in [0.05, 0.1) is 12.8 Å². The first-order chi connectivity index (χ1) is 8.10. The van der Waals surface area contributed by atoms with E-state index in [1.807, 2.05) is 25.1 Å². The summed E-state index contributed by atoms with van der Waals surface area (Å²) in [5, 5.41) is 0.702. The van der Waals surface area contributed by atoms with Crippen molar-refractivity contribution in [3.05, 3.63) is 44.9 Å². The number of halogens is 2. The van der Waals surface area contributed by atoms with Gasteiger partial charge in [0.25, 0.3) is 0 Å². The first-order valence-corrected chi connectivity index (χ1v) is 6.30. The van der Waals surface area contributed by atoms with E-state index in [4.69, 9.17) is 16.3 Å². The van der Waals surface area contributed by atoms with E-state index in [0.717, 1.165) is 27.4 Å². The fraction of sp³-hybridized carbons (Fsp3) is 0.250. The van der Waals surface area contributed by atoms with E-state index in [1.54, 1.807) is 7.11 Å². The van der Waals surface area contributed by atoms with E-state index in [-0.39, 0.29) is 0 Å². The number of nitrogens with one attached hydrogen (secondary N) is 1. The second kappa shape index (κ2) is 5.10. The maximum absolute atomic E-state index is 5.99. The van der Waals surface area contributed by atoms with E-state index in [0.29, 0.717) is 11.4 Å². The Labute approximate surface area is 113 Å². The summed E-state index contributed by atoms with van der Waals surface area (Å²) in [6.45, 7) is 1.92. The van der Waals surface area contributed by atoms with Gasteiger partial charge in [0, 0.05) is 17.0 Å². The summed E-state index contributed by atoms with van der Waals surface area (Å²) in [5.41, 5.74) is 2.05. The molecule has 17 heavy (non-hydrogen) atoms. The van der Waals surface area contributed by atoms with Gasteiger partial charge in [-0.15, -0.1) is 0 Å². The minimum atomic E-state index is 0.700. The summed E-state index contributed by atoms with van der Waals surface area (Å²) >= 11 is 9.42. The third-order valence-electron chi connectivity index (χ3n) is 2.46. The van der Waals surface area contributed by atoms with E-state index in [1.165, 1.54) is 0 Å². The van der Waals surface area contributed by atoms with E-state index >= 15 is 0 Å². The molecule has 0 aliphatic heterocycles. The number of benzene rings is 1. The number of rotatable bonds is 3. The minimum Gasteiger partial charge on any atom is -0.496 e. The molecule has 3 nitrogen and oxygen atoms in total. The number of imidazole rings is 1. The van der Waals surface area contributed by atoms with Crippen LogP contribution < -0.4 is 4.74 Å². The van der Waals surface area contributed by atoms with E-state index < -0.39 is 0 Å². The van der Waals surface area contributed by atoms with Crippen molar-refractivity contribution in [2.45, 2.75) is 13.3 Å². The number of aryl methyl sites for hydroxylation is 1. The Balaban J connectivity index is 2.35. The Kier molecular flexibility index (Phi) is 3.74. The SMILES string of the molecule is COc1ccc(Cl)cc1Cc1[nH]c(C)nc1Br. The van der Waals surface area contributed by atoms with Crippen molar-refractivity contribution >= 4 is 27.5 Å². The number of hydrogen-bond acceptors (Lipinski definition) is 2. The van der Waals surface area contributed by atoms with Crippen LogP contribution in [0.1, 0.15) is 17.1 Å². The number of H-pyrrole nitrogens is 1. The number of aromatic nitrogens is 2. The smallest absolute Gasteiger partial charge is 0.127 e. The fourth-order valence-corrected chi connectivity index (χ4v) is 2.41. The van der Waals surface area contributed by atoms with Crippen molar-refractivity contribution in [3.8, 4) is 5.75 Å². The van der Waals surface area contributed by atoms with Gasteiger partial charge in [0.2, 0.25) is 0 Å². The van der Waals surface area contributed by atoms with Crippen molar-refractivity contribution in [2.75, 3.05) is 7.11 Å². The van der Waals surface area contributed by atoms with Crippen molar-refractivity contribution in [1.82, 2.24) is 9.97 Å². The molecule has 0 unspecified atom stereocenters. The van der Waals surface area contributed by atoms with E-state index in [2.05, 4.69) is 25.9 Å². The van der Waals surface area contributed by atoms with Crippen LogP contribution in [0.2, 0.25) is 5.02 Å². The summed E-state index contributed by atoms with van der Waals surface area (Å²) in [7, 11) is 1.65. The Morgan fingerprint density at radius 1 is 1.47 bits per heavy atom. The molecule has 0 saturated carbocycles. The molecule has 5 heteroatoms. The standard InChI is InChI=1S/C12H12BrClN2O/c1-7-15-10(12(13)16-7)6-8-5-9(14)3-4-11(8)17-2/h3-5H,6H2,1-2H3,(H,15,16). The highest BCUT2D eigenvalue weighted by atomic mass is 79.9. The highest BCUT2D eigenvalue weighted by molar-refractivity contribution is 9.10. The van der Waals surface area contributed by atoms with Crippen LogP contribution in [0.3, 0.4) is 0 Å². The predicted molar refractivity (Wildman–Crippen MR) is 71.8 cm³/mol. The summed E-state index contributed by atoms with van der Waals surface area (Å²) < 4.78 is 6.14. The van der Waals surface area contributed by atoms with Crippen LogP contribution in [0.5, 0.6) is 5.75 Å². The number of ether oxygens (including phenoxy) is 1. The van der Waals surface area contributed by atoms with Crippen LogP contribution in [-0.2, 0) is 6.42 Å². The normalized spacial score (nSPS) is 10.6. The Hall–Kier alpha value is -1.00. The Bertz CT molecular complexity index is 539. The molecule has 0 fully saturated rings. The average molecular weight is 316 g/mol. The quantitative estimate of drug-likeness (QED) is 0.937. The van der Waals surface area contributed by atoms with Gasteiger partial charge in [-0.05, 0) is 41.1 Å². The second-order valence-electron chi connectivity index (χ2n) is 3.72. The number of hydrogen-bond donors (Lipinski definition) is 1. The van der Waals surface area contributed by atoms with Crippen LogP contribution >= 0.6 is 27.5 Å². The minimum absolute atomic E-state index is 0.700. The van der Waals surface area contributed by atoms with Crippen molar-refractivity contribution in [2.24, 2.45) is 0 Å². The van der Waals surface area contributed by atoms with Gasteiger partial charge in [-0.1, -0.05) is 11.6 Å². The Morgan fingerprint density at radius 3 is 2.82 bits per heavy atom. The lowest BCUT2D eigenvalue weighted by Crippen LogP contribution is -1.95. The molecule has 0 saturated heterocycles. The lowest BCUT2D eigenvalue weighted by atomic mass is 10.1. The van der Waals surface area contributed by atoms with Crippen molar-refractivity contribution in [3.63, 3.8) is 0 Å². The maximum atomic E-state index is 5.99. The van der Waals surface area contributed by atoms with Crippen LogP contribution in [0.4, 0.5) is 0 Å². The molecule has 0 spiro atoms. The Morgan fingerprint density at radius 2 is 2.24 bits per heavy atom. The fourth-order valence-electron chi connectivity index (χ4n) is 1.71. The van der Waals surface area contributed by atoms with E-state index in [9.17, 15) is 0 Å². The van der Waals surface area contributed by atoms with Crippen LogP contribution in [-0.4, -0.2) is 17.1 Å². The van der Waals surface area contributed by atoms with Gasteiger partial charge in [0.1, 0.15) is 16.2 Å². The van der Waals surface area contributed by atoms with Gasteiger partial charge in [0.15, 0.2) is 0 Å². The van der Waals surface area contributed by atoms with Crippen LogP contribution in [0.15, 0.2) is 22.8 Å². The average Bonchev–Trinajstić information content (AvgIpc) is 2.58. The molecule has 0 amide bonds. The van der Waals surface area contributed by atoms with Crippen molar-refractivity contribution < 1.29 is 4.74 Å². The van der Waals surface area contributed by atoms with Gasteiger partial charge in [-0.25, -0.2) is 4.98 Å². The highest BCUT2D eigenvalue weighted by Gasteiger charge is 2.10. The largest absolute Gasteiger partial charge is 0.496 e. The molecule has 1 N–H and O–H groups in total. The van der Waals surface area contributed by atoms with Gasteiger partial charge >= 0.3 is 0 Å². The molecular formula is C12H12BrClN2O. The molecule has 90 valence electrons. The van der Waals surface area contributed by atoms with Gasteiger partial charge in [-0.3, -0.25) is 0 Å². The molecular weight excluding hydrogens is 304 g/mol. The predicted octanol–water partition coefficient (Wildman–Crippen LogP) is 3.73. The zero-order valence-electron chi connectivity index (χ0n) is 9.55. The molecule has 1 aromatic heterocycles. The molecule has 1 heterocycles. The summed E-state index contributed by atoms with van der Waals surface area (Å²) in [6, 6.07) is 5.59. The number of nitrogens with zero attached hydrogens (tertiary/aromatic N) is 1. The monoisotopic (exact) mass is 314 g/mol. The molecule has 0 atom stereocenters. The van der Waals surface area contributed by atoms with Gasteiger partial charge < -0.3 is 9.72 Å². The molecule has 0 bridgehead atoms. The third kappa shape index (κ3) is 2.82. The van der Waals surface area contributed by atoms with Crippen LogP contribution in [0, 0.1) is 6.92 Å². The lowest BCUT2D eigenvalue weighted by Gasteiger charge is -2.08. The first kappa shape index (κ1) is 12.5. The summed E-state index contributed by atoms with van der Waals surface area (Å²) in [6.07, 6.45) is 0.700. The maximum Gasteiger partial charge on any atom is 0.127 e. The first-order valence-electron chi connectivity index (χ1n) is 5.13. The van der Waals surface area contributed by atoms with Gasteiger partial charge in [-0.2, -0.15) is 0 Å². The number of methoxy groups -OCH3 is 1. The molecule has 0 aliphatic carbocycles. The molecule has 2 rings (SSSR count).